The van der Waals surface area contributed by atoms with Gasteiger partial charge < -0.3 is 15.7 Å². The molecule has 1 saturated heterocycles. The molecular weight excluding hydrogens is 216 g/mol. The van der Waals surface area contributed by atoms with Crippen LogP contribution in [-0.4, -0.2) is 35.6 Å². The number of carboxylic acids is 1. The topological polar surface area (TPSA) is 66.6 Å². The molecule has 1 aromatic rings. The van der Waals surface area contributed by atoms with Gasteiger partial charge in [0.2, 0.25) is 0 Å². The molecule has 1 aliphatic heterocycles. The molecule has 3 N–H and O–H groups in total. The first-order valence-corrected chi connectivity index (χ1v) is 5.92. The number of likely N-dealkylation sites (tertiary alicyclic amines) is 1. The molecule has 0 aliphatic carbocycles. The van der Waals surface area contributed by atoms with Gasteiger partial charge in [-0.05, 0) is 24.2 Å². The van der Waals surface area contributed by atoms with Crippen molar-refractivity contribution >= 4 is 11.7 Å². The van der Waals surface area contributed by atoms with Gasteiger partial charge in [-0.25, -0.2) is 0 Å². The SMILES string of the molecule is CCN1CC(C(=O)O)C(c2ccc(N)cc2)C1. The van der Waals surface area contributed by atoms with E-state index in [4.69, 9.17) is 5.73 Å². The molecule has 4 heteroatoms. The fourth-order valence-electron chi connectivity index (χ4n) is 2.47. The summed E-state index contributed by atoms with van der Waals surface area (Å²) < 4.78 is 0. The van der Waals surface area contributed by atoms with Crippen LogP contribution in [-0.2, 0) is 4.79 Å². The molecule has 1 heterocycles. The van der Waals surface area contributed by atoms with Gasteiger partial charge in [0.25, 0.3) is 0 Å². The number of nitrogens with two attached hydrogens (primary N) is 1. The van der Waals surface area contributed by atoms with Crippen molar-refractivity contribution < 1.29 is 9.90 Å². The summed E-state index contributed by atoms with van der Waals surface area (Å²) in [6, 6.07) is 7.55. The lowest BCUT2D eigenvalue weighted by atomic mass is 9.89. The second kappa shape index (κ2) is 4.75. The molecule has 0 bridgehead atoms. The summed E-state index contributed by atoms with van der Waals surface area (Å²) in [5, 5.41) is 9.26. The standard InChI is InChI=1S/C13H18N2O2/c1-2-15-7-11(12(8-15)13(16)17)9-3-5-10(14)6-4-9/h3-6,11-12H,2,7-8,14H2,1H3,(H,16,17). The smallest absolute Gasteiger partial charge is 0.308 e. The first kappa shape index (κ1) is 11.9. The molecule has 0 aromatic heterocycles. The van der Waals surface area contributed by atoms with E-state index >= 15 is 0 Å². The molecule has 4 nitrogen and oxygen atoms in total. The Kier molecular flexibility index (Phi) is 3.33. The van der Waals surface area contributed by atoms with E-state index in [1.165, 1.54) is 0 Å². The number of carbonyl (C=O) groups is 1. The van der Waals surface area contributed by atoms with Crippen LogP contribution in [0.2, 0.25) is 0 Å². The molecule has 0 spiro atoms. The van der Waals surface area contributed by atoms with E-state index in [2.05, 4.69) is 11.8 Å². The minimum Gasteiger partial charge on any atom is -0.481 e. The first-order chi connectivity index (χ1) is 8.11. The zero-order valence-electron chi connectivity index (χ0n) is 9.97. The van der Waals surface area contributed by atoms with Gasteiger partial charge in [-0.15, -0.1) is 0 Å². The number of hydrogen-bond donors (Lipinski definition) is 2. The van der Waals surface area contributed by atoms with Gasteiger partial charge >= 0.3 is 5.97 Å². The Balaban J connectivity index is 2.23. The molecule has 1 fully saturated rings. The molecule has 2 unspecified atom stereocenters. The lowest BCUT2D eigenvalue weighted by molar-refractivity contribution is -0.141. The maximum atomic E-state index is 11.3. The number of benzene rings is 1. The molecular formula is C13H18N2O2. The molecule has 2 rings (SSSR count). The molecule has 17 heavy (non-hydrogen) atoms. The fraction of sp³-hybridized carbons (Fsp3) is 0.462. The lowest BCUT2D eigenvalue weighted by Gasteiger charge is -2.15. The monoisotopic (exact) mass is 234 g/mol. The van der Waals surface area contributed by atoms with Crippen molar-refractivity contribution in [2.45, 2.75) is 12.8 Å². The highest BCUT2D eigenvalue weighted by Gasteiger charge is 2.37. The summed E-state index contributed by atoms with van der Waals surface area (Å²) in [5.74, 6) is -0.936. The first-order valence-electron chi connectivity index (χ1n) is 5.92. The molecule has 1 aromatic carbocycles. The van der Waals surface area contributed by atoms with Crippen LogP contribution in [0.1, 0.15) is 18.4 Å². The van der Waals surface area contributed by atoms with Gasteiger partial charge in [0.1, 0.15) is 0 Å². The van der Waals surface area contributed by atoms with Crippen LogP contribution in [0.3, 0.4) is 0 Å². The van der Waals surface area contributed by atoms with E-state index in [0.717, 1.165) is 18.7 Å². The van der Waals surface area contributed by atoms with E-state index in [1.807, 2.05) is 24.3 Å². The third kappa shape index (κ3) is 2.42. The molecule has 0 amide bonds. The Morgan fingerprint density at radius 1 is 1.41 bits per heavy atom. The minimum atomic E-state index is -0.706. The van der Waals surface area contributed by atoms with Crippen LogP contribution in [0, 0.1) is 5.92 Å². The number of aliphatic carboxylic acids is 1. The molecule has 0 saturated carbocycles. The number of rotatable bonds is 3. The number of hydrogen-bond acceptors (Lipinski definition) is 3. The Hall–Kier alpha value is -1.55. The highest BCUT2D eigenvalue weighted by molar-refractivity contribution is 5.72. The largest absolute Gasteiger partial charge is 0.481 e. The van der Waals surface area contributed by atoms with Gasteiger partial charge in [0, 0.05) is 24.7 Å². The zero-order chi connectivity index (χ0) is 12.4. The van der Waals surface area contributed by atoms with Gasteiger partial charge in [-0.3, -0.25) is 4.79 Å². The third-order valence-corrected chi connectivity index (χ3v) is 3.52. The summed E-state index contributed by atoms with van der Waals surface area (Å²) in [6.45, 7) is 4.41. The Morgan fingerprint density at radius 3 is 2.59 bits per heavy atom. The summed E-state index contributed by atoms with van der Waals surface area (Å²) in [5.41, 5.74) is 7.43. The van der Waals surface area contributed by atoms with Crippen LogP contribution >= 0.6 is 0 Å². The number of carboxylic acid groups (broad SMARTS) is 1. The average Bonchev–Trinajstić information content (AvgIpc) is 2.74. The third-order valence-electron chi connectivity index (χ3n) is 3.52. The van der Waals surface area contributed by atoms with Gasteiger partial charge in [-0.1, -0.05) is 19.1 Å². The summed E-state index contributed by atoms with van der Waals surface area (Å²) >= 11 is 0. The van der Waals surface area contributed by atoms with E-state index in [0.29, 0.717) is 12.2 Å². The van der Waals surface area contributed by atoms with Gasteiger partial charge in [0.05, 0.1) is 5.92 Å². The van der Waals surface area contributed by atoms with Crippen LogP contribution < -0.4 is 5.73 Å². The second-order valence-corrected chi connectivity index (χ2v) is 4.57. The second-order valence-electron chi connectivity index (χ2n) is 4.57. The number of nitrogen functional groups attached to an aromatic ring is 1. The number of anilines is 1. The van der Waals surface area contributed by atoms with E-state index < -0.39 is 5.97 Å². The van der Waals surface area contributed by atoms with Crippen LogP contribution in [0.25, 0.3) is 0 Å². The van der Waals surface area contributed by atoms with Crippen molar-refractivity contribution in [3.8, 4) is 0 Å². The Morgan fingerprint density at radius 2 is 2.06 bits per heavy atom. The van der Waals surface area contributed by atoms with Crippen molar-refractivity contribution in [3.05, 3.63) is 29.8 Å². The Bertz CT molecular complexity index is 402. The summed E-state index contributed by atoms with van der Waals surface area (Å²) in [6.07, 6.45) is 0. The number of likely N-dealkylation sites (N-methyl/N-ethyl adjacent to an activating group) is 1. The minimum absolute atomic E-state index is 0.0769. The van der Waals surface area contributed by atoms with Crippen molar-refractivity contribution in [3.63, 3.8) is 0 Å². The van der Waals surface area contributed by atoms with Crippen LogP contribution in [0.15, 0.2) is 24.3 Å². The lowest BCUT2D eigenvalue weighted by Crippen LogP contribution is -2.23. The van der Waals surface area contributed by atoms with Crippen molar-refractivity contribution in [1.29, 1.82) is 0 Å². The van der Waals surface area contributed by atoms with E-state index in [1.54, 1.807) is 0 Å². The molecule has 2 atom stereocenters. The predicted molar refractivity (Wildman–Crippen MR) is 66.8 cm³/mol. The maximum Gasteiger partial charge on any atom is 0.308 e. The quantitative estimate of drug-likeness (QED) is 0.776. The highest BCUT2D eigenvalue weighted by Crippen LogP contribution is 2.32. The average molecular weight is 234 g/mol. The fourth-order valence-corrected chi connectivity index (χ4v) is 2.47. The molecule has 0 radical (unpaired) electrons. The van der Waals surface area contributed by atoms with E-state index in [9.17, 15) is 9.90 Å². The predicted octanol–water partition coefficient (Wildman–Crippen LogP) is 1.39. The highest BCUT2D eigenvalue weighted by atomic mass is 16.4. The maximum absolute atomic E-state index is 11.3. The normalized spacial score (nSPS) is 25.0. The van der Waals surface area contributed by atoms with Crippen molar-refractivity contribution in [2.24, 2.45) is 5.92 Å². The van der Waals surface area contributed by atoms with E-state index in [-0.39, 0.29) is 11.8 Å². The summed E-state index contributed by atoms with van der Waals surface area (Å²) in [4.78, 5) is 13.4. The number of nitrogens with zero attached hydrogens (tertiary/aromatic N) is 1. The van der Waals surface area contributed by atoms with Gasteiger partial charge in [-0.2, -0.15) is 0 Å². The summed E-state index contributed by atoms with van der Waals surface area (Å²) in [7, 11) is 0. The molecule has 1 aliphatic rings. The van der Waals surface area contributed by atoms with Crippen LogP contribution in [0.5, 0.6) is 0 Å². The zero-order valence-corrected chi connectivity index (χ0v) is 9.97. The van der Waals surface area contributed by atoms with Crippen molar-refractivity contribution in [2.75, 3.05) is 25.4 Å². The van der Waals surface area contributed by atoms with Crippen molar-refractivity contribution in [1.82, 2.24) is 4.90 Å². The Labute approximate surface area is 101 Å². The van der Waals surface area contributed by atoms with Gasteiger partial charge in [0.15, 0.2) is 0 Å². The molecule has 92 valence electrons. The van der Waals surface area contributed by atoms with Crippen LogP contribution in [0.4, 0.5) is 5.69 Å².